The van der Waals surface area contributed by atoms with E-state index in [0.717, 1.165) is 17.1 Å². The first-order valence-corrected chi connectivity index (χ1v) is 10.7. The number of aromatic nitrogens is 2. The molecule has 4 rings (SSSR count). The highest BCUT2D eigenvalue weighted by Crippen LogP contribution is 2.26. The summed E-state index contributed by atoms with van der Waals surface area (Å²) in [7, 11) is 1.61. The Balaban J connectivity index is 1.41. The molecule has 9 heteroatoms. The van der Waals surface area contributed by atoms with E-state index in [2.05, 4.69) is 14.8 Å². The zero-order chi connectivity index (χ0) is 21.6. The number of fused-ring (bicyclic) bond motifs is 1. The maximum absolute atomic E-state index is 13.3. The molecule has 0 atom stereocenters. The van der Waals surface area contributed by atoms with Crippen molar-refractivity contribution in [1.82, 2.24) is 24.7 Å². The number of benzene rings is 1. The van der Waals surface area contributed by atoms with Gasteiger partial charge in [-0.3, -0.25) is 14.5 Å². The number of ether oxygens (including phenoxy) is 2. The quantitative estimate of drug-likeness (QED) is 0.651. The topological polar surface area (TPSA) is 88.9 Å². The lowest BCUT2D eigenvalue weighted by Crippen LogP contribution is -2.51. The van der Waals surface area contributed by atoms with Crippen molar-refractivity contribution in [3.8, 4) is 11.4 Å². The smallest absolute Gasteiger partial charge is 0.274 e. The predicted octanol–water partition coefficient (Wildman–Crippen LogP) is 0.601. The molecule has 1 fully saturated rings. The van der Waals surface area contributed by atoms with Crippen molar-refractivity contribution in [2.75, 3.05) is 59.6 Å². The number of piperazine rings is 1. The van der Waals surface area contributed by atoms with Crippen molar-refractivity contribution in [3.05, 3.63) is 41.7 Å². The number of rotatable bonds is 7. The van der Waals surface area contributed by atoms with Crippen LogP contribution in [0.4, 0.5) is 0 Å². The monoisotopic (exact) mass is 427 g/mol. The van der Waals surface area contributed by atoms with E-state index in [1.54, 1.807) is 7.11 Å². The van der Waals surface area contributed by atoms with E-state index in [-0.39, 0.29) is 11.8 Å². The SMILES string of the molecule is COCCNC(=O)CN1CCN(C(=O)c2nc(-c3ccccc3)n3c2COCC3)CC1. The first-order valence-electron chi connectivity index (χ1n) is 10.7. The number of nitrogens with zero attached hydrogens (tertiary/aromatic N) is 4. The molecule has 2 amide bonds. The second-order valence-electron chi connectivity index (χ2n) is 7.71. The number of methoxy groups -OCH3 is 1. The molecule has 0 spiro atoms. The van der Waals surface area contributed by atoms with Gasteiger partial charge in [0.05, 0.1) is 32.1 Å². The van der Waals surface area contributed by atoms with Crippen LogP contribution in [-0.2, 0) is 27.4 Å². The Morgan fingerprint density at radius 2 is 1.90 bits per heavy atom. The fourth-order valence-electron chi connectivity index (χ4n) is 3.99. The van der Waals surface area contributed by atoms with Gasteiger partial charge in [-0.1, -0.05) is 30.3 Å². The average Bonchev–Trinajstić information content (AvgIpc) is 3.20. The molecule has 0 aliphatic carbocycles. The minimum atomic E-state index is -0.0689. The van der Waals surface area contributed by atoms with E-state index in [9.17, 15) is 9.59 Å². The zero-order valence-electron chi connectivity index (χ0n) is 17.9. The van der Waals surface area contributed by atoms with Crippen LogP contribution in [0.1, 0.15) is 16.2 Å². The van der Waals surface area contributed by atoms with Gasteiger partial charge in [0.15, 0.2) is 5.69 Å². The van der Waals surface area contributed by atoms with Crippen molar-refractivity contribution in [2.24, 2.45) is 0 Å². The van der Waals surface area contributed by atoms with Gasteiger partial charge in [0.1, 0.15) is 5.82 Å². The molecular formula is C22H29N5O4. The largest absolute Gasteiger partial charge is 0.383 e. The summed E-state index contributed by atoms with van der Waals surface area (Å²) in [5.41, 5.74) is 2.31. The molecule has 0 bridgehead atoms. The van der Waals surface area contributed by atoms with Crippen molar-refractivity contribution in [3.63, 3.8) is 0 Å². The molecule has 2 aliphatic heterocycles. The van der Waals surface area contributed by atoms with Crippen molar-refractivity contribution < 1.29 is 19.1 Å². The van der Waals surface area contributed by atoms with Crippen LogP contribution in [0.3, 0.4) is 0 Å². The summed E-state index contributed by atoms with van der Waals surface area (Å²) in [6.07, 6.45) is 0. The highest BCUT2D eigenvalue weighted by atomic mass is 16.5. The van der Waals surface area contributed by atoms with Crippen LogP contribution in [0.2, 0.25) is 0 Å². The Morgan fingerprint density at radius 3 is 2.65 bits per heavy atom. The van der Waals surface area contributed by atoms with Gasteiger partial charge in [-0.05, 0) is 0 Å². The molecule has 1 aromatic heterocycles. The highest BCUT2D eigenvalue weighted by molar-refractivity contribution is 5.94. The number of carbonyl (C=O) groups excluding carboxylic acids is 2. The lowest BCUT2D eigenvalue weighted by atomic mass is 10.2. The third-order valence-corrected chi connectivity index (χ3v) is 5.66. The molecule has 1 aromatic carbocycles. The second-order valence-corrected chi connectivity index (χ2v) is 7.71. The second kappa shape index (κ2) is 10.0. The summed E-state index contributed by atoms with van der Waals surface area (Å²) < 4.78 is 12.7. The van der Waals surface area contributed by atoms with Gasteiger partial charge in [-0.15, -0.1) is 0 Å². The molecule has 3 heterocycles. The average molecular weight is 428 g/mol. The molecule has 31 heavy (non-hydrogen) atoms. The standard InChI is InChI=1S/C22H29N5O4/c1-30-13-7-23-19(28)15-25-8-10-26(11-9-25)22(29)20-18-16-31-14-12-27(18)21(24-20)17-5-3-2-4-6-17/h2-6H,7-16H2,1H3,(H,23,28). The van der Waals surface area contributed by atoms with Gasteiger partial charge < -0.3 is 24.3 Å². The van der Waals surface area contributed by atoms with Gasteiger partial charge in [-0.2, -0.15) is 0 Å². The van der Waals surface area contributed by atoms with Crippen LogP contribution in [0, 0.1) is 0 Å². The molecule has 2 aliphatic rings. The lowest BCUT2D eigenvalue weighted by molar-refractivity contribution is -0.122. The van der Waals surface area contributed by atoms with Gasteiger partial charge in [0, 0.05) is 51.9 Å². The molecule has 0 unspecified atom stereocenters. The highest BCUT2D eigenvalue weighted by Gasteiger charge is 2.30. The summed E-state index contributed by atoms with van der Waals surface area (Å²) in [5.74, 6) is 0.721. The van der Waals surface area contributed by atoms with Crippen LogP contribution in [-0.4, -0.2) is 90.8 Å². The van der Waals surface area contributed by atoms with E-state index in [1.165, 1.54) is 0 Å². The van der Waals surface area contributed by atoms with Gasteiger partial charge in [0.2, 0.25) is 5.91 Å². The molecule has 166 valence electrons. The maximum atomic E-state index is 13.3. The molecule has 1 N–H and O–H groups in total. The van der Waals surface area contributed by atoms with Gasteiger partial charge in [0.25, 0.3) is 5.91 Å². The van der Waals surface area contributed by atoms with E-state index in [0.29, 0.717) is 71.3 Å². The van der Waals surface area contributed by atoms with Crippen LogP contribution in [0.5, 0.6) is 0 Å². The molecule has 2 aromatic rings. The summed E-state index contributed by atoms with van der Waals surface area (Å²) in [4.78, 5) is 33.9. The van der Waals surface area contributed by atoms with Gasteiger partial charge in [-0.25, -0.2) is 4.98 Å². The van der Waals surface area contributed by atoms with E-state index >= 15 is 0 Å². The summed E-state index contributed by atoms with van der Waals surface area (Å²) in [6, 6.07) is 9.94. The predicted molar refractivity (Wildman–Crippen MR) is 115 cm³/mol. The van der Waals surface area contributed by atoms with Crippen LogP contribution >= 0.6 is 0 Å². The van der Waals surface area contributed by atoms with E-state index in [4.69, 9.17) is 14.5 Å². The normalized spacial score (nSPS) is 16.7. The van der Waals surface area contributed by atoms with E-state index < -0.39 is 0 Å². The molecule has 0 saturated carbocycles. The summed E-state index contributed by atoms with van der Waals surface area (Å²) >= 11 is 0. The van der Waals surface area contributed by atoms with Crippen molar-refractivity contribution in [2.45, 2.75) is 13.2 Å². The number of carbonyl (C=O) groups is 2. The van der Waals surface area contributed by atoms with E-state index in [1.807, 2.05) is 35.2 Å². The van der Waals surface area contributed by atoms with Crippen molar-refractivity contribution in [1.29, 1.82) is 0 Å². The number of hydrogen-bond donors (Lipinski definition) is 1. The fraction of sp³-hybridized carbons (Fsp3) is 0.500. The van der Waals surface area contributed by atoms with Crippen LogP contribution in [0.25, 0.3) is 11.4 Å². The Kier molecular flexibility index (Phi) is 6.96. The Labute approximate surface area is 181 Å². The number of imidazole rings is 1. The molecular weight excluding hydrogens is 398 g/mol. The van der Waals surface area contributed by atoms with Crippen LogP contribution < -0.4 is 5.32 Å². The fourth-order valence-corrected chi connectivity index (χ4v) is 3.99. The maximum Gasteiger partial charge on any atom is 0.274 e. The lowest BCUT2D eigenvalue weighted by Gasteiger charge is -2.34. The van der Waals surface area contributed by atoms with Crippen LogP contribution in [0.15, 0.2) is 30.3 Å². The number of hydrogen-bond acceptors (Lipinski definition) is 6. The Bertz CT molecular complexity index is 906. The summed E-state index contributed by atoms with van der Waals surface area (Å²) in [5, 5.41) is 2.83. The minimum absolute atomic E-state index is 0.0235. The third kappa shape index (κ3) is 4.95. The van der Waals surface area contributed by atoms with Gasteiger partial charge >= 0.3 is 0 Å². The Hall–Kier alpha value is -2.75. The first-order chi connectivity index (χ1) is 15.2. The minimum Gasteiger partial charge on any atom is -0.383 e. The number of nitrogens with one attached hydrogen (secondary N) is 1. The number of amides is 2. The zero-order valence-corrected chi connectivity index (χ0v) is 17.9. The molecule has 9 nitrogen and oxygen atoms in total. The Morgan fingerprint density at radius 1 is 1.13 bits per heavy atom. The molecule has 0 radical (unpaired) electrons. The summed E-state index contributed by atoms with van der Waals surface area (Å²) in [6.45, 7) is 5.47. The van der Waals surface area contributed by atoms with Crippen molar-refractivity contribution >= 4 is 11.8 Å². The first kappa shape index (κ1) is 21.5. The molecule has 1 saturated heterocycles. The third-order valence-electron chi connectivity index (χ3n) is 5.66.